The topological polar surface area (TPSA) is 41.6 Å². The molecule has 1 rings (SSSR count). The zero-order chi connectivity index (χ0) is 10.8. The van der Waals surface area contributed by atoms with E-state index in [1.165, 1.54) is 0 Å². The second-order valence-corrected chi connectivity index (χ2v) is 4.89. The van der Waals surface area contributed by atoms with E-state index in [1.807, 2.05) is 20.8 Å². The molecule has 0 aliphatic carbocycles. The van der Waals surface area contributed by atoms with E-state index in [0.29, 0.717) is 0 Å². The van der Waals surface area contributed by atoms with Crippen LogP contribution in [0.25, 0.3) is 0 Å². The average molecular weight is 200 g/mol. The molecule has 1 N–H and O–H groups in total. The van der Waals surface area contributed by atoms with Gasteiger partial charge in [0.1, 0.15) is 5.60 Å². The van der Waals surface area contributed by atoms with E-state index in [2.05, 4.69) is 17.3 Å². The molecule has 1 saturated heterocycles. The summed E-state index contributed by atoms with van der Waals surface area (Å²) in [6.07, 6.45) is 0.702. The molecule has 0 saturated carbocycles. The second-order valence-electron chi connectivity index (χ2n) is 4.89. The Morgan fingerprint density at radius 2 is 2.14 bits per heavy atom. The third kappa shape index (κ3) is 3.96. The van der Waals surface area contributed by atoms with Crippen LogP contribution in [0.15, 0.2) is 0 Å². The van der Waals surface area contributed by atoms with Crippen molar-refractivity contribution in [2.45, 2.75) is 38.8 Å². The summed E-state index contributed by atoms with van der Waals surface area (Å²) in [6.45, 7) is 7.56. The van der Waals surface area contributed by atoms with E-state index in [0.717, 1.165) is 19.5 Å². The first kappa shape index (κ1) is 11.3. The monoisotopic (exact) mass is 200 g/mol. The standard InChI is InChI=1S/C10H20N2O2/c1-10(2,3)14-9(13)11-8-5-6-12(4)7-8/h8H,5-7H2,1-4H3,(H,11,13). The van der Waals surface area contributed by atoms with Gasteiger partial charge in [-0.15, -0.1) is 0 Å². The summed E-state index contributed by atoms with van der Waals surface area (Å²) < 4.78 is 5.17. The Bertz CT molecular complexity index is 211. The highest BCUT2D eigenvalue weighted by molar-refractivity contribution is 5.68. The lowest BCUT2D eigenvalue weighted by atomic mass is 10.2. The molecule has 1 unspecified atom stereocenters. The van der Waals surface area contributed by atoms with Crippen LogP contribution in [-0.4, -0.2) is 42.8 Å². The third-order valence-electron chi connectivity index (χ3n) is 2.11. The highest BCUT2D eigenvalue weighted by Crippen LogP contribution is 2.09. The molecule has 0 radical (unpaired) electrons. The first-order valence-corrected chi connectivity index (χ1v) is 5.05. The smallest absolute Gasteiger partial charge is 0.407 e. The highest BCUT2D eigenvalue weighted by Gasteiger charge is 2.23. The van der Waals surface area contributed by atoms with Gasteiger partial charge in [0.05, 0.1) is 0 Å². The Kier molecular flexibility index (Phi) is 3.37. The van der Waals surface area contributed by atoms with E-state index in [9.17, 15) is 4.79 Å². The molecule has 1 atom stereocenters. The van der Waals surface area contributed by atoms with Crippen molar-refractivity contribution >= 4 is 6.09 Å². The predicted molar refractivity (Wildman–Crippen MR) is 55.3 cm³/mol. The van der Waals surface area contributed by atoms with Gasteiger partial charge in [0, 0.05) is 12.6 Å². The van der Waals surface area contributed by atoms with Crippen LogP contribution < -0.4 is 5.32 Å². The van der Waals surface area contributed by atoms with Crippen molar-refractivity contribution in [3.63, 3.8) is 0 Å². The van der Waals surface area contributed by atoms with Gasteiger partial charge in [0.15, 0.2) is 0 Å². The zero-order valence-corrected chi connectivity index (χ0v) is 9.46. The first-order chi connectivity index (χ1) is 6.37. The number of hydrogen-bond donors (Lipinski definition) is 1. The van der Waals surface area contributed by atoms with Crippen LogP contribution in [0.2, 0.25) is 0 Å². The van der Waals surface area contributed by atoms with Crippen molar-refractivity contribution in [1.29, 1.82) is 0 Å². The molecule has 4 heteroatoms. The minimum absolute atomic E-state index is 0.245. The van der Waals surface area contributed by atoms with Gasteiger partial charge in [-0.2, -0.15) is 0 Å². The number of alkyl carbamates (subject to hydrolysis) is 1. The first-order valence-electron chi connectivity index (χ1n) is 5.05. The van der Waals surface area contributed by atoms with Crippen LogP contribution in [0.5, 0.6) is 0 Å². The van der Waals surface area contributed by atoms with Crippen molar-refractivity contribution < 1.29 is 9.53 Å². The summed E-state index contributed by atoms with van der Waals surface area (Å²) in [5.41, 5.74) is -0.408. The van der Waals surface area contributed by atoms with Gasteiger partial charge in [0.25, 0.3) is 0 Å². The van der Waals surface area contributed by atoms with E-state index < -0.39 is 5.60 Å². The minimum atomic E-state index is -0.408. The fourth-order valence-corrected chi connectivity index (χ4v) is 1.53. The molecule has 0 spiro atoms. The summed E-state index contributed by atoms with van der Waals surface area (Å²) in [6, 6.07) is 0.245. The van der Waals surface area contributed by atoms with Gasteiger partial charge in [-0.1, -0.05) is 0 Å². The SMILES string of the molecule is CN1CCC(NC(=O)OC(C)(C)C)C1. The average Bonchev–Trinajstić information content (AvgIpc) is 2.30. The molecule has 14 heavy (non-hydrogen) atoms. The number of likely N-dealkylation sites (tertiary alicyclic amines) is 1. The minimum Gasteiger partial charge on any atom is -0.444 e. The lowest BCUT2D eigenvalue weighted by Gasteiger charge is -2.21. The van der Waals surface area contributed by atoms with Gasteiger partial charge in [-0.05, 0) is 40.8 Å². The Morgan fingerprint density at radius 3 is 2.57 bits per heavy atom. The number of nitrogens with one attached hydrogen (secondary N) is 1. The molecular formula is C10H20N2O2. The van der Waals surface area contributed by atoms with Crippen molar-refractivity contribution in [1.82, 2.24) is 10.2 Å². The summed E-state index contributed by atoms with van der Waals surface area (Å²) >= 11 is 0. The van der Waals surface area contributed by atoms with Gasteiger partial charge >= 0.3 is 6.09 Å². The summed E-state index contributed by atoms with van der Waals surface area (Å²) in [5, 5.41) is 2.86. The van der Waals surface area contributed by atoms with Crippen LogP contribution in [0.1, 0.15) is 27.2 Å². The van der Waals surface area contributed by atoms with Crippen molar-refractivity contribution in [2.24, 2.45) is 0 Å². The summed E-state index contributed by atoms with van der Waals surface area (Å²) in [4.78, 5) is 13.6. The maximum absolute atomic E-state index is 11.4. The van der Waals surface area contributed by atoms with E-state index in [4.69, 9.17) is 4.74 Å². The van der Waals surface area contributed by atoms with Crippen LogP contribution >= 0.6 is 0 Å². The number of amides is 1. The highest BCUT2D eigenvalue weighted by atomic mass is 16.6. The van der Waals surface area contributed by atoms with Crippen LogP contribution in [0.4, 0.5) is 4.79 Å². The van der Waals surface area contributed by atoms with Crippen molar-refractivity contribution in [3.05, 3.63) is 0 Å². The Balaban J connectivity index is 2.27. The molecule has 0 bridgehead atoms. The molecule has 4 nitrogen and oxygen atoms in total. The normalized spacial score (nSPS) is 23.6. The van der Waals surface area contributed by atoms with Crippen LogP contribution in [0, 0.1) is 0 Å². The second kappa shape index (κ2) is 4.17. The maximum atomic E-state index is 11.4. The van der Waals surface area contributed by atoms with Crippen molar-refractivity contribution in [3.8, 4) is 0 Å². The largest absolute Gasteiger partial charge is 0.444 e. The predicted octanol–water partition coefficient (Wildman–Crippen LogP) is 1.22. The number of ether oxygens (including phenoxy) is 1. The zero-order valence-electron chi connectivity index (χ0n) is 9.46. The van der Waals surface area contributed by atoms with Crippen LogP contribution in [-0.2, 0) is 4.74 Å². The molecule has 0 aromatic heterocycles. The third-order valence-corrected chi connectivity index (χ3v) is 2.11. The molecule has 1 heterocycles. The molecule has 0 aromatic rings. The quantitative estimate of drug-likeness (QED) is 0.692. The Labute approximate surface area is 85.6 Å². The molecule has 1 amide bonds. The number of rotatable bonds is 1. The fourth-order valence-electron chi connectivity index (χ4n) is 1.53. The maximum Gasteiger partial charge on any atom is 0.407 e. The van der Waals surface area contributed by atoms with E-state index >= 15 is 0 Å². The van der Waals surface area contributed by atoms with Gasteiger partial charge in [-0.25, -0.2) is 4.79 Å². The van der Waals surface area contributed by atoms with Crippen molar-refractivity contribution in [2.75, 3.05) is 20.1 Å². The summed E-state index contributed by atoms with van der Waals surface area (Å²) in [7, 11) is 2.05. The van der Waals surface area contributed by atoms with E-state index in [-0.39, 0.29) is 12.1 Å². The molecule has 0 aromatic carbocycles. The molecule has 1 aliphatic rings. The van der Waals surface area contributed by atoms with Gasteiger partial charge in [-0.3, -0.25) is 0 Å². The number of nitrogens with zero attached hydrogens (tertiary/aromatic N) is 1. The summed E-state index contributed by atoms with van der Waals surface area (Å²) in [5.74, 6) is 0. The van der Waals surface area contributed by atoms with Crippen LogP contribution in [0.3, 0.4) is 0 Å². The number of carbonyl (C=O) groups excluding carboxylic acids is 1. The van der Waals surface area contributed by atoms with E-state index in [1.54, 1.807) is 0 Å². The molecular weight excluding hydrogens is 180 g/mol. The Hall–Kier alpha value is -0.770. The number of hydrogen-bond acceptors (Lipinski definition) is 3. The molecule has 82 valence electrons. The Morgan fingerprint density at radius 1 is 1.50 bits per heavy atom. The molecule has 1 aliphatic heterocycles. The van der Waals surface area contributed by atoms with Gasteiger partial charge in [0.2, 0.25) is 0 Å². The number of carbonyl (C=O) groups is 1. The fraction of sp³-hybridized carbons (Fsp3) is 0.900. The van der Waals surface area contributed by atoms with Gasteiger partial charge < -0.3 is 15.0 Å². The molecule has 1 fully saturated rings. The lowest BCUT2D eigenvalue weighted by molar-refractivity contribution is 0.0506. The lowest BCUT2D eigenvalue weighted by Crippen LogP contribution is -2.40. The number of likely N-dealkylation sites (N-methyl/N-ethyl adjacent to an activating group) is 1.